The van der Waals surface area contributed by atoms with Crippen LogP contribution in [0.15, 0.2) is 29.2 Å². The van der Waals surface area contributed by atoms with Gasteiger partial charge in [-0.25, -0.2) is 0 Å². The van der Waals surface area contributed by atoms with Crippen molar-refractivity contribution in [2.24, 2.45) is 0 Å². The van der Waals surface area contributed by atoms with Crippen molar-refractivity contribution in [3.63, 3.8) is 0 Å². The zero-order valence-corrected chi connectivity index (χ0v) is 16.9. The van der Waals surface area contributed by atoms with Gasteiger partial charge in [-0.3, -0.25) is 9.59 Å². The Kier molecular flexibility index (Phi) is 5.47. The number of benzene rings is 1. The van der Waals surface area contributed by atoms with E-state index >= 15 is 0 Å². The van der Waals surface area contributed by atoms with Gasteiger partial charge in [0.2, 0.25) is 5.91 Å². The summed E-state index contributed by atoms with van der Waals surface area (Å²) in [6.07, 6.45) is 9.79. The predicted molar refractivity (Wildman–Crippen MR) is 112 cm³/mol. The fraction of sp³-hybridized carbons (Fsp3) is 0.455. The maximum Gasteiger partial charge on any atom is 0.253 e. The summed E-state index contributed by atoms with van der Waals surface area (Å²) in [5.41, 5.74) is 3.35. The molecule has 3 aliphatic rings. The summed E-state index contributed by atoms with van der Waals surface area (Å²) in [5, 5.41) is 2.95. The number of likely N-dealkylation sites (N-methyl/N-ethyl adjacent to an activating group) is 1. The summed E-state index contributed by atoms with van der Waals surface area (Å²) in [5.74, 6) is 2.67. The second-order valence-electron chi connectivity index (χ2n) is 7.77. The van der Waals surface area contributed by atoms with Gasteiger partial charge in [0.25, 0.3) is 5.91 Å². The molecule has 4 rings (SSSR count). The van der Waals surface area contributed by atoms with Crippen molar-refractivity contribution >= 4 is 23.6 Å². The fourth-order valence-electron chi connectivity index (χ4n) is 4.08. The SMILES string of the molecule is C#CC1=CCC(C(=O)N[C@@H]2CCN(C(=O)c3ccc4c(c3)CCN(C)C4)C2)S1. The largest absolute Gasteiger partial charge is 0.351 e. The van der Waals surface area contributed by atoms with E-state index in [4.69, 9.17) is 6.42 Å². The van der Waals surface area contributed by atoms with Crippen LogP contribution < -0.4 is 5.32 Å². The molecular formula is C22H25N3O2S. The molecule has 0 aromatic heterocycles. The first-order chi connectivity index (χ1) is 13.5. The minimum atomic E-state index is -0.144. The first kappa shape index (κ1) is 19.1. The van der Waals surface area contributed by atoms with E-state index in [1.165, 1.54) is 22.9 Å². The molecule has 0 saturated carbocycles. The van der Waals surface area contributed by atoms with Crippen molar-refractivity contribution in [2.75, 3.05) is 26.7 Å². The molecular weight excluding hydrogens is 370 g/mol. The molecule has 2 atom stereocenters. The van der Waals surface area contributed by atoms with Crippen molar-refractivity contribution in [2.45, 2.75) is 37.1 Å². The van der Waals surface area contributed by atoms with Gasteiger partial charge in [-0.1, -0.05) is 18.1 Å². The Labute approximate surface area is 170 Å². The van der Waals surface area contributed by atoms with E-state index in [0.717, 1.165) is 36.4 Å². The molecule has 3 aliphatic heterocycles. The van der Waals surface area contributed by atoms with E-state index in [0.29, 0.717) is 19.5 Å². The Hall–Kier alpha value is -2.23. The summed E-state index contributed by atoms with van der Waals surface area (Å²) in [7, 11) is 2.12. The Morgan fingerprint density at radius 3 is 2.93 bits per heavy atom. The molecule has 0 aliphatic carbocycles. The van der Waals surface area contributed by atoms with Gasteiger partial charge in [-0.15, -0.1) is 18.2 Å². The Morgan fingerprint density at radius 1 is 1.29 bits per heavy atom. The maximum atomic E-state index is 12.9. The number of terminal acetylenes is 1. The summed E-state index contributed by atoms with van der Waals surface area (Å²) >= 11 is 1.45. The second-order valence-corrected chi connectivity index (χ2v) is 9.02. The van der Waals surface area contributed by atoms with Gasteiger partial charge in [-0.05, 0) is 49.6 Å². The van der Waals surface area contributed by atoms with E-state index < -0.39 is 0 Å². The average molecular weight is 396 g/mol. The number of rotatable bonds is 3. The van der Waals surface area contributed by atoms with E-state index in [9.17, 15) is 9.59 Å². The molecule has 3 heterocycles. The lowest BCUT2D eigenvalue weighted by Crippen LogP contribution is -2.42. The van der Waals surface area contributed by atoms with Gasteiger partial charge in [0, 0.05) is 37.8 Å². The number of carbonyl (C=O) groups is 2. The number of allylic oxidation sites excluding steroid dienone is 2. The highest BCUT2D eigenvalue weighted by atomic mass is 32.2. The topological polar surface area (TPSA) is 52.7 Å². The van der Waals surface area contributed by atoms with Crippen molar-refractivity contribution < 1.29 is 9.59 Å². The van der Waals surface area contributed by atoms with E-state index in [1.54, 1.807) is 0 Å². The first-order valence-electron chi connectivity index (χ1n) is 9.77. The highest BCUT2D eigenvalue weighted by Gasteiger charge is 2.31. The number of hydrogen-bond donors (Lipinski definition) is 1. The van der Waals surface area contributed by atoms with Crippen LogP contribution in [-0.4, -0.2) is 59.6 Å². The van der Waals surface area contributed by atoms with Gasteiger partial charge in [0.1, 0.15) is 0 Å². The lowest BCUT2D eigenvalue weighted by Gasteiger charge is -2.25. The van der Waals surface area contributed by atoms with Crippen LogP contribution in [0.4, 0.5) is 0 Å². The monoisotopic (exact) mass is 395 g/mol. The minimum Gasteiger partial charge on any atom is -0.351 e. The number of thioether (sulfide) groups is 1. The number of nitrogens with one attached hydrogen (secondary N) is 1. The van der Waals surface area contributed by atoms with Crippen LogP contribution in [0.1, 0.15) is 34.3 Å². The second kappa shape index (κ2) is 8.02. The molecule has 1 aromatic rings. The lowest BCUT2D eigenvalue weighted by atomic mass is 9.97. The molecule has 6 heteroatoms. The number of amides is 2. The number of hydrogen-bond acceptors (Lipinski definition) is 4. The Balaban J connectivity index is 1.33. The quantitative estimate of drug-likeness (QED) is 0.796. The zero-order chi connectivity index (χ0) is 19.7. The van der Waals surface area contributed by atoms with Crippen molar-refractivity contribution in [3.05, 3.63) is 45.9 Å². The molecule has 1 N–H and O–H groups in total. The molecule has 146 valence electrons. The average Bonchev–Trinajstić information content (AvgIpc) is 3.36. The molecule has 0 bridgehead atoms. The third kappa shape index (κ3) is 3.96. The molecule has 5 nitrogen and oxygen atoms in total. The number of fused-ring (bicyclic) bond motifs is 1. The minimum absolute atomic E-state index is 0.0122. The highest BCUT2D eigenvalue weighted by molar-refractivity contribution is 8.04. The van der Waals surface area contributed by atoms with Crippen LogP contribution in [0.3, 0.4) is 0 Å². The van der Waals surface area contributed by atoms with Crippen LogP contribution >= 0.6 is 11.8 Å². The lowest BCUT2D eigenvalue weighted by molar-refractivity contribution is -0.121. The van der Waals surface area contributed by atoms with Crippen LogP contribution in [0.25, 0.3) is 0 Å². The third-order valence-corrected chi connectivity index (χ3v) is 6.93. The zero-order valence-electron chi connectivity index (χ0n) is 16.1. The van der Waals surface area contributed by atoms with Crippen LogP contribution in [0.5, 0.6) is 0 Å². The molecule has 1 fully saturated rings. The smallest absolute Gasteiger partial charge is 0.253 e. The van der Waals surface area contributed by atoms with Gasteiger partial charge >= 0.3 is 0 Å². The van der Waals surface area contributed by atoms with Crippen molar-refractivity contribution in [3.8, 4) is 12.3 Å². The van der Waals surface area contributed by atoms with Crippen LogP contribution in [0, 0.1) is 12.3 Å². The van der Waals surface area contributed by atoms with Crippen molar-refractivity contribution in [1.82, 2.24) is 15.1 Å². The van der Waals surface area contributed by atoms with E-state index in [1.807, 2.05) is 17.0 Å². The molecule has 28 heavy (non-hydrogen) atoms. The fourth-order valence-corrected chi connectivity index (χ4v) is 5.02. The summed E-state index contributed by atoms with van der Waals surface area (Å²) in [4.78, 5) is 30.4. The molecule has 0 spiro atoms. The van der Waals surface area contributed by atoms with Gasteiger partial charge < -0.3 is 15.1 Å². The van der Waals surface area contributed by atoms with Crippen molar-refractivity contribution in [1.29, 1.82) is 0 Å². The van der Waals surface area contributed by atoms with Gasteiger partial charge in [0.05, 0.1) is 10.2 Å². The normalized spacial score (nSPS) is 24.4. The standard InChI is InChI=1S/C22H25N3O2S/c1-3-19-6-7-20(28-19)21(26)23-18-9-11-25(14-18)22(27)16-4-5-17-13-24(2)10-8-15(17)12-16/h1,4-6,12,18,20H,7-11,13-14H2,2H3,(H,23,26)/t18-,20?/m1/s1. The third-order valence-electron chi connectivity index (χ3n) is 5.70. The molecule has 2 amide bonds. The summed E-state index contributed by atoms with van der Waals surface area (Å²) in [6, 6.07) is 6.09. The molecule has 1 saturated heterocycles. The first-order valence-corrected chi connectivity index (χ1v) is 10.6. The number of nitrogens with zero attached hydrogens (tertiary/aromatic N) is 2. The maximum absolute atomic E-state index is 12.9. The van der Waals surface area contributed by atoms with Crippen LogP contribution in [0.2, 0.25) is 0 Å². The summed E-state index contributed by atoms with van der Waals surface area (Å²) in [6.45, 7) is 3.21. The summed E-state index contributed by atoms with van der Waals surface area (Å²) < 4.78 is 0. The number of likely N-dealkylation sites (tertiary alicyclic amines) is 1. The molecule has 1 unspecified atom stereocenters. The Bertz CT molecular complexity index is 873. The van der Waals surface area contributed by atoms with E-state index in [-0.39, 0.29) is 23.1 Å². The Morgan fingerprint density at radius 2 is 2.14 bits per heavy atom. The molecule has 0 radical (unpaired) electrons. The van der Waals surface area contributed by atoms with E-state index in [2.05, 4.69) is 35.3 Å². The van der Waals surface area contributed by atoms with Gasteiger partial charge in [0.15, 0.2) is 0 Å². The predicted octanol–water partition coefficient (Wildman–Crippen LogP) is 2.03. The highest BCUT2D eigenvalue weighted by Crippen LogP contribution is 2.32. The molecule has 1 aromatic carbocycles. The number of carbonyl (C=O) groups excluding carboxylic acids is 2. The van der Waals surface area contributed by atoms with Gasteiger partial charge in [-0.2, -0.15) is 0 Å². The van der Waals surface area contributed by atoms with Crippen LogP contribution in [-0.2, 0) is 17.8 Å².